The van der Waals surface area contributed by atoms with E-state index in [4.69, 9.17) is 5.73 Å². The predicted molar refractivity (Wildman–Crippen MR) is 114 cm³/mol. The van der Waals surface area contributed by atoms with Crippen LogP contribution < -0.4 is 11.1 Å². The van der Waals surface area contributed by atoms with Crippen molar-refractivity contribution in [1.82, 2.24) is 4.57 Å². The molecular weight excluding hydrogens is 369 g/mol. The molecule has 0 saturated heterocycles. The van der Waals surface area contributed by atoms with Crippen LogP contribution in [0.2, 0.25) is 0 Å². The molecule has 6 heteroatoms. The van der Waals surface area contributed by atoms with Gasteiger partial charge in [0, 0.05) is 24.5 Å². The second kappa shape index (κ2) is 8.84. The van der Waals surface area contributed by atoms with Crippen molar-refractivity contribution < 1.29 is 14.0 Å². The molecule has 3 aromatic rings. The first-order valence-corrected chi connectivity index (χ1v) is 8.92. The van der Waals surface area contributed by atoms with Gasteiger partial charge in [-0.2, -0.15) is 0 Å². The Morgan fingerprint density at radius 1 is 0.931 bits per heavy atom. The molecule has 0 unspecified atom stereocenters. The highest BCUT2D eigenvalue weighted by atomic mass is 19.1. The number of ketones is 1. The summed E-state index contributed by atoms with van der Waals surface area (Å²) in [4.78, 5) is 24.3. The van der Waals surface area contributed by atoms with Gasteiger partial charge in [0.15, 0.2) is 5.78 Å². The zero-order chi connectivity index (χ0) is 20.8. The number of hydrogen-bond donors (Lipinski definition) is 2. The molecule has 1 aromatic heterocycles. The summed E-state index contributed by atoms with van der Waals surface area (Å²) in [6.45, 7) is 0. The summed E-state index contributed by atoms with van der Waals surface area (Å²) in [7, 11) is 1.81. The van der Waals surface area contributed by atoms with Crippen LogP contribution in [-0.4, -0.2) is 16.3 Å². The van der Waals surface area contributed by atoms with E-state index in [1.165, 1.54) is 30.4 Å². The van der Waals surface area contributed by atoms with Crippen LogP contribution in [0.1, 0.15) is 21.7 Å². The highest BCUT2D eigenvalue weighted by Crippen LogP contribution is 2.17. The average molecular weight is 389 g/mol. The average Bonchev–Trinajstić information content (AvgIpc) is 3.06. The standard InChI is InChI=1S/C23H20FN3O2/c1-27-16(12-14-22(28)18-6-2-3-7-19(18)24)10-11-17(27)13-15-23(29)26-21-9-5-4-8-20(21)25/h2-15H,25H2,1H3,(H,26,29)/b14-12+,15-13+. The van der Waals surface area contributed by atoms with Crippen LogP contribution in [0.15, 0.2) is 72.8 Å². The molecular formula is C23H20FN3O2. The minimum Gasteiger partial charge on any atom is -0.397 e. The SMILES string of the molecule is Cn1c(/C=C/C(=O)Nc2ccccc2N)ccc1/C=C/C(=O)c1ccccc1F. The largest absolute Gasteiger partial charge is 0.397 e. The minimum absolute atomic E-state index is 0.0231. The molecule has 0 fully saturated rings. The Labute approximate surface area is 168 Å². The first-order valence-electron chi connectivity index (χ1n) is 8.92. The van der Waals surface area contributed by atoms with E-state index < -0.39 is 11.6 Å². The van der Waals surface area contributed by atoms with Crippen LogP contribution in [0.5, 0.6) is 0 Å². The molecule has 5 nitrogen and oxygen atoms in total. The Hall–Kier alpha value is -3.93. The van der Waals surface area contributed by atoms with Crippen molar-refractivity contribution >= 4 is 35.2 Å². The van der Waals surface area contributed by atoms with Crippen molar-refractivity contribution in [1.29, 1.82) is 0 Å². The summed E-state index contributed by atoms with van der Waals surface area (Å²) in [6, 6.07) is 16.5. The van der Waals surface area contributed by atoms with Gasteiger partial charge in [-0.1, -0.05) is 24.3 Å². The quantitative estimate of drug-likeness (QED) is 0.375. The monoisotopic (exact) mass is 389 g/mol. The van der Waals surface area contributed by atoms with Crippen LogP contribution in [0, 0.1) is 5.82 Å². The van der Waals surface area contributed by atoms with E-state index >= 15 is 0 Å². The van der Waals surface area contributed by atoms with Gasteiger partial charge in [0.1, 0.15) is 5.82 Å². The van der Waals surface area contributed by atoms with Gasteiger partial charge in [0.05, 0.1) is 16.9 Å². The van der Waals surface area contributed by atoms with Crippen molar-refractivity contribution in [2.45, 2.75) is 0 Å². The highest BCUT2D eigenvalue weighted by Gasteiger charge is 2.08. The smallest absolute Gasteiger partial charge is 0.248 e. The van der Waals surface area contributed by atoms with E-state index in [-0.39, 0.29) is 11.5 Å². The van der Waals surface area contributed by atoms with E-state index in [0.717, 1.165) is 11.4 Å². The molecule has 0 radical (unpaired) electrons. The lowest BCUT2D eigenvalue weighted by Crippen LogP contribution is -2.09. The second-order valence-corrected chi connectivity index (χ2v) is 6.33. The summed E-state index contributed by atoms with van der Waals surface area (Å²) >= 11 is 0. The summed E-state index contributed by atoms with van der Waals surface area (Å²) in [5.41, 5.74) is 8.37. The van der Waals surface area contributed by atoms with E-state index in [1.54, 1.807) is 55.6 Å². The van der Waals surface area contributed by atoms with Crippen molar-refractivity contribution in [2.24, 2.45) is 7.05 Å². The number of rotatable bonds is 6. The molecule has 146 valence electrons. The van der Waals surface area contributed by atoms with Crippen LogP contribution in [0.3, 0.4) is 0 Å². The number of allylic oxidation sites excluding steroid dienone is 1. The van der Waals surface area contributed by atoms with E-state index in [9.17, 15) is 14.0 Å². The number of para-hydroxylation sites is 2. The van der Waals surface area contributed by atoms with Crippen molar-refractivity contribution in [2.75, 3.05) is 11.1 Å². The van der Waals surface area contributed by atoms with Gasteiger partial charge in [-0.3, -0.25) is 9.59 Å². The molecule has 3 rings (SSSR count). The fraction of sp³-hybridized carbons (Fsp3) is 0.0435. The fourth-order valence-corrected chi connectivity index (χ4v) is 2.74. The van der Waals surface area contributed by atoms with Crippen molar-refractivity contribution in [3.05, 3.63) is 95.6 Å². The number of aromatic nitrogens is 1. The molecule has 0 aliphatic rings. The fourth-order valence-electron chi connectivity index (χ4n) is 2.74. The Morgan fingerprint density at radius 2 is 1.55 bits per heavy atom. The second-order valence-electron chi connectivity index (χ2n) is 6.33. The van der Waals surface area contributed by atoms with Gasteiger partial charge < -0.3 is 15.6 Å². The lowest BCUT2D eigenvalue weighted by atomic mass is 10.1. The number of anilines is 2. The summed E-state index contributed by atoms with van der Waals surface area (Å²) in [5.74, 6) is -1.28. The first kappa shape index (κ1) is 19.8. The number of benzene rings is 2. The number of carbonyl (C=O) groups is 2. The maximum absolute atomic E-state index is 13.7. The van der Waals surface area contributed by atoms with Crippen molar-refractivity contribution in [3.8, 4) is 0 Å². The molecule has 3 N–H and O–H groups in total. The van der Waals surface area contributed by atoms with Crippen LogP contribution in [0.4, 0.5) is 15.8 Å². The molecule has 0 aliphatic heterocycles. The maximum atomic E-state index is 13.7. The van der Waals surface area contributed by atoms with Gasteiger partial charge >= 0.3 is 0 Å². The number of amides is 1. The third kappa shape index (κ3) is 4.87. The Morgan fingerprint density at radius 3 is 2.24 bits per heavy atom. The Kier molecular flexibility index (Phi) is 6.04. The topological polar surface area (TPSA) is 77.1 Å². The van der Waals surface area contributed by atoms with Crippen LogP contribution in [0.25, 0.3) is 12.2 Å². The lowest BCUT2D eigenvalue weighted by molar-refractivity contribution is -0.111. The summed E-state index contributed by atoms with van der Waals surface area (Å²) in [5, 5.41) is 2.72. The molecule has 0 atom stereocenters. The molecule has 1 amide bonds. The predicted octanol–water partition coefficient (Wildman–Crippen LogP) is 4.29. The minimum atomic E-state index is -0.553. The Balaban J connectivity index is 1.68. The van der Waals surface area contributed by atoms with Gasteiger partial charge in [-0.25, -0.2) is 4.39 Å². The molecule has 0 aliphatic carbocycles. The number of hydrogen-bond acceptors (Lipinski definition) is 3. The summed E-state index contributed by atoms with van der Waals surface area (Å²) in [6.07, 6.45) is 5.99. The maximum Gasteiger partial charge on any atom is 0.248 e. The van der Waals surface area contributed by atoms with Crippen LogP contribution >= 0.6 is 0 Å². The van der Waals surface area contributed by atoms with Gasteiger partial charge in [-0.05, 0) is 54.6 Å². The number of nitrogens with one attached hydrogen (secondary N) is 1. The van der Waals surface area contributed by atoms with Gasteiger partial charge in [-0.15, -0.1) is 0 Å². The molecule has 1 heterocycles. The third-order valence-corrected chi connectivity index (χ3v) is 4.37. The first-order chi connectivity index (χ1) is 14.0. The normalized spacial score (nSPS) is 11.2. The highest BCUT2D eigenvalue weighted by molar-refractivity contribution is 6.07. The number of nitrogens with two attached hydrogens (primary N) is 1. The lowest BCUT2D eigenvalue weighted by Gasteiger charge is -2.05. The number of nitrogens with zero attached hydrogens (tertiary/aromatic N) is 1. The molecule has 0 spiro atoms. The zero-order valence-electron chi connectivity index (χ0n) is 15.8. The molecule has 0 saturated carbocycles. The van der Waals surface area contributed by atoms with Crippen molar-refractivity contribution in [3.63, 3.8) is 0 Å². The zero-order valence-corrected chi connectivity index (χ0v) is 15.8. The molecule has 0 bridgehead atoms. The molecule has 2 aromatic carbocycles. The number of nitrogen functional groups attached to an aromatic ring is 1. The summed E-state index contributed by atoms with van der Waals surface area (Å²) < 4.78 is 15.5. The van der Waals surface area contributed by atoms with E-state index in [2.05, 4.69) is 5.32 Å². The number of halogens is 1. The molecule has 29 heavy (non-hydrogen) atoms. The van der Waals surface area contributed by atoms with E-state index in [1.807, 2.05) is 10.6 Å². The third-order valence-electron chi connectivity index (χ3n) is 4.37. The van der Waals surface area contributed by atoms with Crippen LogP contribution in [-0.2, 0) is 11.8 Å². The van der Waals surface area contributed by atoms with Gasteiger partial charge in [0.2, 0.25) is 5.91 Å². The number of carbonyl (C=O) groups excluding carboxylic acids is 2. The Bertz CT molecular complexity index is 1110. The van der Waals surface area contributed by atoms with Gasteiger partial charge in [0.25, 0.3) is 0 Å². The van der Waals surface area contributed by atoms with E-state index in [0.29, 0.717) is 11.4 Å².